The van der Waals surface area contributed by atoms with Crippen LogP contribution in [0.25, 0.3) is 11.1 Å². The van der Waals surface area contributed by atoms with Crippen LogP contribution >= 0.6 is 0 Å². The Kier molecular flexibility index (Phi) is 7.32. The lowest BCUT2D eigenvalue weighted by molar-refractivity contribution is -0.142. The zero-order valence-corrected chi connectivity index (χ0v) is 20.9. The Labute approximate surface area is 219 Å². The average molecular weight is 574 g/mol. The van der Waals surface area contributed by atoms with Gasteiger partial charge in [-0.05, 0) is 60.0 Å². The molecule has 0 unspecified atom stereocenters. The van der Waals surface area contributed by atoms with E-state index in [1.165, 1.54) is 37.3 Å². The van der Waals surface area contributed by atoms with E-state index >= 15 is 0 Å². The third-order valence-electron chi connectivity index (χ3n) is 6.20. The highest BCUT2D eigenvalue weighted by molar-refractivity contribution is 7.92. The number of anilines is 1. The molecule has 2 atom stereocenters. The van der Waals surface area contributed by atoms with Gasteiger partial charge in [0.05, 0.1) is 34.2 Å². The number of aliphatic carboxylic acids is 1. The van der Waals surface area contributed by atoms with Crippen LogP contribution in [0.4, 0.5) is 32.0 Å². The normalized spacial score (nSPS) is 16.8. The number of hydrogen-bond acceptors (Lipinski definition) is 4. The Morgan fingerprint density at radius 3 is 2.15 bits per heavy atom. The van der Waals surface area contributed by atoms with Gasteiger partial charge >= 0.3 is 18.3 Å². The molecule has 0 fully saturated rings. The van der Waals surface area contributed by atoms with Crippen LogP contribution in [0.5, 0.6) is 5.75 Å². The zero-order valence-electron chi connectivity index (χ0n) is 20.1. The lowest BCUT2D eigenvalue weighted by Gasteiger charge is -2.36. The van der Waals surface area contributed by atoms with E-state index in [1.54, 1.807) is 0 Å². The van der Waals surface area contributed by atoms with Gasteiger partial charge in [-0.1, -0.05) is 31.2 Å². The summed E-state index contributed by atoms with van der Waals surface area (Å²) in [6.45, 7) is 0.957. The highest BCUT2D eigenvalue weighted by Crippen LogP contribution is 2.42. The summed E-state index contributed by atoms with van der Waals surface area (Å²) in [7, 11) is -4.65. The van der Waals surface area contributed by atoms with Gasteiger partial charge in [0.1, 0.15) is 11.9 Å². The van der Waals surface area contributed by atoms with Crippen LogP contribution in [0, 0.1) is 5.92 Å². The second-order valence-electron chi connectivity index (χ2n) is 9.04. The number of hydrogen-bond donors (Lipinski definition) is 1. The third-order valence-corrected chi connectivity index (χ3v) is 7.98. The first kappa shape index (κ1) is 28.3. The van der Waals surface area contributed by atoms with Crippen LogP contribution in [0.1, 0.15) is 24.5 Å². The number of ether oxygens (including phenoxy) is 1. The molecule has 0 spiro atoms. The number of carbonyl (C=O) groups is 1. The first-order valence-electron chi connectivity index (χ1n) is 11.5. The number of nitrogens with zero attached hydrogens (tertiary/aromatic N) is 1. The Morgan fingerprint density at radius 1 is 0.949 bits per heavy atom. The fourth-order valence-corrected chi connectivity index (χ4v) is 5.72. The number of benzene rings is 3. The molecule has 3 aromatic carbocycles. The predicted molar refractivity (Wildman–Crippen MR) is 129 cm³/mol. The number of carboxylic acids is 1. The molecule has 0 saturated heterocycles. The average Bonchev–Trinajstić information content (AvgIpc) is 2.87. The minimum absolute atomic E-state index is 0.0184. The Balaban J connectivity index is 1.83. The van der Waals surface area contributed by atoms with Crippen molar-refractivity contribution in [3.8, 4) is 16.9 Å². The first-order chi connectivity index (χ1) is 18.1. The molecule has 1 aliphatic rings. The van der Waals surface area contributed by atoms with E-state index in [2.05, 4.69) is 0 Å². The number of fused-ring (bicyclic) bond motifs is 1. The first-order valence-corrected chi connectivity index (χ1v) is 12.9. The van der Waals surface area contributed by atoms with Crippen molar-refractivity contribution in [3.63, 3.8) is 0 Å². The number of alkyl halides is 6. The Morgan fingerprint density at radius 2 is 1.54 bits per heavy atom. The smallest absolute Gasteiger partial charge is 0.416 e. The molecule has 3 aromatic rings. The van der Waals surface area contributed by atoms with Crippen LogP contribution in [-0.4, -0.2) is 32.1 Å². The summed E-state index contributed by atoms with van der Waals surface area (Å²) in [5, 5.41) is 9.29. The van der Waals surface area contributed by atoms with Crippen LogP contribution in [0.3, 0.4) is 0 Å². The van der Waals surface area contributed by atoms with Crippen molar-refractivity contribution in [2.24, 2.45) is 5.92 Å². The molecule has 39 heavy (non-hydrogen) atoms. The second kappa shape index (κ2) is 10.1. The molecular formula is C26H21F6NO5S. The van der Waals surface area contributed by atoms with E-state index in [1.807, 2.05) is 0 Å². The molecule has 0 amide bonds. The van der Waals surface area contributed by atoms with E-state index in [0.717, 1.165) is 34.6 Å². The molecule has 1 N–H and O–H groups in total. The van der Waals surface area contributed by atoms with Crippen molar-refractivity contribution in [1.82, 2.24) is 0 Å². The summed E-state index contributed by atoms with van der Waals surface area (Å²) in [4.78, 5) is 10.7. The van der Waals surface area contributed by atoms with E-state index in [-0.39, 0.29) is 29.0 Å². The maximum absolute atomic E-state index is 13.7. The maximum Gasteiger partial charge on any atom is 0.416 e. The number of rotatable bonds is 6. The number of halogens is 6. The monoisotopic (exact) mass is 573 g/mol. The summed E-state index contributed by atoms with van der Waals surface area (Å²) >= 11 is 0. The van der Waals surface area contributed by atoms with Crippen LogP contribution in [0.2, 0.25) is 0 Å². The van der Waals surface area contributed by atoms with E-state index in [0.29, 0.717) is 6.07 Å². The molecule has 0 aromatic heterocycles. The van der Waals surface area contributed by atoms with E-state index in [4.69, 9.17) is 4.74 Å². The summed E-state index contributed by atoms with van der Waals surface area (Å²) in [6.07, 6.45) is -10.5. The van der Waals surface area contributed by atoms with Crippen molar-refractivity contribution in [2.45, 2.75) is 36.7 Å². The van der Waals surface area contributed by atoms with Crippen molar-refractivity contribution in [1.29, 1.82) is 0 Å². The number of carboxylic acid groups (broad SMARTS) is 1. The van der Waals surface area contributed by atoms with Gasteiger partial charge in [0.25, 0.3) is 10.0 Å². The molecule has 208 valence electrons. The van der Waals surface area contributed by atoms with Gasteiger partial charge in [-0.25, -0.2) is 8.42 Å². The summed E-state index contributed by atoms with van der Waals surface area (Å²) in [6, 6.07) is 11.5. The largest absolute Gasteiger partial charge is 0.486 e. The Hall–Kier alpha value is -3.74. The highest BCUT2D eigenvalue weighted by atomic mass is 32.2. The van der Waals surface area contributed by atoms with Gasteiger partial charge in [0.15, 0.2) is 0 Å². The standard InChI is InChI=1S/C26H21F6NO5S/c1-15(24(34)35)10-20-14-33(39(36,37)21-7-3-6-19(13-21)26(30,31)32)22-12-17(8-9-23(22)38-20)16-4-2-5-18(11-16)25(27,28)29/h2-9,11-13,15,20H,10,14H2,1H3,(H,34,35)/t15-,20+/m1/s1. The molecule has 1 aliphatic heterocycles. The fourth-order valence-electron chi connectivity index (χ4n) is 4.17. The molecule has 4 rings (SSSR count). The van der Waals surface area contributed by atoms with Gasteiger partial charge < -0.3 is 9.84 Å². The molecule has 0 saturated carbocycles. The molecular weight excluding hydrogens is 552 g/mol. The topological polar surface area (TPSA) is 83.9 Å². The van der Waals surface area contributed by atoms with Gasteiger partial charge in [0, 0.05) is 0 Å². The van der Waals surface area contributed by atoms with Crippen molar-refractivity contribution in [2.75, 3.05) is 10.8 Å². The highest BCUT2D eigenvalue weighted by Gasteiger charge is 2.38. The SMILES string of the molecule is C[C@H](C[C@H]1CN(S(=O)(=O)c2cccc(C(F)(F)F)c2)c2cc(-c3cccc(C(F)(F)F)c3)ccc2O1)C(=O)O. The maximum atomic E-state index is 13.7. The van der Waals surface area contributed by atoms with Gasteiger partial charge in [-0.2, -0.15) is 26.3 Å². The van der Waals surface area contributed by atoms with Gasteiger partial charge in [0.2, 0.25) is 0 Å². The molecule has 0 aliphatic carbocycles. The van der Waals surface area contributed by atoms with Crippen LogP contribution in [-0.2, 0) is 27.2 Å². The zero-order chi connectivity index (χ0) is 28.8. The number of sulfonamides is 1. The lowest BCUT2D eigenvalue weighted by Crippen LogP contribution is -2.44. The summed E-state index contributed by atoms with van der Waals surface area (Å²) < 4.78 is 114. The van der Waals surface area contributed by atoms with E-state index < -0.39 is 62.9 Å². The second-order valence-corrected chi connectivity index (χ2v) is 10.9. The molecule has 0 bridgehead atoms. The van der Waals surface area contributed by atoms with Gasteiger partial charge in [-0.15, -0.1) is 0 Å². The molecule has 6 nitrogen and oxygen atoms in total. The summed E-state index contributed by atoms with van der Waals surface area (Å²) in [5.41, 5.74) is -1.91. The van der Waals surface area contributed by atoms with E-state index in [9.17, 15) is 44.7 Å². The molecule has 0 radical (unpaired) electrons. The molecule has 1 heterocycles. The Bertz CT molecular complexity index is 1500. The van der Waals surface area contributed by atoms with Crippen molar-refractivity contribution < 1.29 is 49.4 Å². The minimum atomic E-state index is -4.81. The third kappa shape index (κ3) is 5.97. The van der Waals surface area contributed by atoms with Crippen molar-refractivity contribution >= 4 is 21.7 Å². The van der Waals surface area contributed by atoms with Gasteiger partial charge in [-0.3, -0.25) is 9.10 Å². The van der Waals surface area contributed by atoms with Crippen LogP contribution < -0.4 is 9.04 Å². The predicted octanol–water partition coefficient (Wildman–Crippen LogP) is 6.46. The quantitative estimate of drug-likeness (QED) is 0.343. The minimum Gasteiger partial charge on any atom is -0.486 e. The molecule has 13 heteroatoms. The van der Waals surface area contributed by atoms with Crippen molar-refractivity contribution in [3.05, 3.63) is 77.9 Å². The van der Waals surface area contributed by atoms with Crippen LogP contribution in [0.15, 0.2) is 71.6 Å². The fraction of sp³-hybridized carbons (Fsp3) is 0.269. The summed E-state index contributed by atoms with van der Waals surface area (Å²) in [5.74, 6) is -2.11. The lowest BCUT2D eigenvalue weighted by atomic mass is 10.00.